The summed E-state index contributed by atoms with van der Waals surface area (Å²) in [5.74, 6) is 1.02. The van der Waals surface area contributed by atoms with E-state index in [0.717, 1.165) is 28.9 Å². The molecule has 1 aromatic carbocycles. The summed E-state index contributed by atoms with van der Waals surface area (Å²) in [5.41, 5.74) is 2.18. The Labute approximate surface area is 109 Å². The van der Waals surface area contributed by atoms with Crippen LogP contribution in [0.15, 0.2) is 24.3 Å². The molecule has 1 atom stereocenters. The average Bonchev–Trinajstić information content (AvgIpc) is 2.82. The number of hydrogen-bond acceptors (Lipinski definition) is 2. The van der Waals surface area contributed by atoms with Crippen LogP contribution in [0.25, 0.3) is 11.0 Å². The van der Waals surface area contributed by atoms with Crippen LogP contribution in [0.5, 0.6) is 0 Å². The molecule has 3 rings (SSSR count). The minimum absolute atomic E-state index is 0.573. The molecule has 17 heavy (non-hydrogen) atoms. The maximum Gasteiger partial charge on any atom is 0.204 e. The van der Waals surface area contributed by atoms with Crippen molar-refractivity contribution in [2.24, 2.45) is 0 Å². The molecule has 1 N–H and O–H groups in total. The van der Waals surface area contributed by atoms with Crippen molar-refractivity contribution in [3.8, 4) is 0 Å². The molecule has 4 heteroatoms. The molecule has 1 unspecified atom stereocenters. The van der Waals surface area contributed by atoms with E-state index in [9.17, 15) is 0 Å². The number of benzene rings is 1. The van der Waals surface area contributed by atoms with Gasteiger partial charge in [0.2, 0.25) is 5.95 Å². The lowest BCUT2D eigenvalue weighted by atomic mass is 10.0. The Bertz CT molecular complexity index is 475. The quantitative estimate of drug-likeness (QED) is 0.862. The molecule has 2 heterocycles. The number of H-pyrrole nitrogens is 1. The molecule has 1 aliphatic heterocycles. The molecule has 0 aliphatic carbocycles. The number of rotatable bonds is 2. The van der Waals surface area contributed by atoms with Gasteiger partial charge in [-0.3, -0.25) is 0 Å². The van der Waals surface area contributed by atoms with Crippen LogP contribution in [0.4, 0.5) is 5.95 Å². The molecule has 90 valence electrons. The number of anilines is 1. The number of nitrogens with one attached hydrogen (secondary N) is 1. The van der Waals surface area contributed by atoms with Gasteiger partial charge < -0.3 is 9.88 Å². The lowest BCUT2D eigenvalue weighted by Gasteiger charge is -2.34. The third kappa shape index (κ3) is 2.06. The monoisotopic (exact) mass is 293 g/mol. The maximum absolute atomic E-state index is 4.68. The Morgan fingerprint density at radius 1 is 1.35 bits per heavy atom. The highest BCUT2D eigenvalue weighted by molar-refractivity contribution is 9.09. The van der Waals surface area contributed by atoms with E-state index in [-0.39, 0.29) is 0 Å². The molecule has 2 aromatic rings. The van der Waals surface area contributed by atoms with Gasteiger partial charge in [0.1, 0.15) is 0 Å². The second kappa shape index (κ2) is 4.69. The molecule has 1 saturated heterocycles. The Balaban J connectivity index is 1.96. The van der Waals surface area contributed by atoms with E-state index in [1.165, 1.54) is 19.3 Å². The molecule has 0 bridgehead atoms. The van der Waals surface area contributed by atoms with Crippen LogP contribution in [-0.2, 0) is 0 Å². The maximum atomic E-state index is 4.68. The van der Waals surface area contributed by atoms with Gasteiger partial charge in [-0.1, -0.05) is 28.1 Å². The third-order valence-electron chi connectivity index (χ3n) is 3.45. The van der Waals surface area contributed by atoms with Gasteiger partial charge in [0.05, 0.1) is 11.0 Å². The standard InChI is InChI=1S/C13H16BrN3/c14-9-10-5-3-4-8-17(10)13-15-11-6-1-2-7-12(11)16-13/h1-2,6-7,10H,3-5,8-9H2,(H,15,16). The highest BCUT2D eigenvalue weighted by Crippen LogP contribution is 2.25. The zero-order valence-corrected chi connectivity index (χ0v) is 11.3. The van der Waals surface area contributed by atoms with Gasteiger partial charge in [-0.05, 0) is 31.4 Å². The summed E-state index contributed by atoms with van der Waals surface area (Å²) in [5, 5.41) is 1.02. The number of fused-ring (bicyclic) bond motifs is 1. The number of piperidine rings is 1. The Morgan fingerprint density at radius 3 is 3.06 bits per heavy atom. The number of aromatic nitrogens is 2. The van der Waals surface area contributed by atoms with Gasteiger partial charge in [-0.2, -0.15) is 0 Å². The SMILES string of the molecule is BrCC1CCCCN1c1nc2ccccc2[nH]1. The molecule has 3 nitrogen and oxygen atoms in total. The van der Waals surface area contributed by atoms with Crippen molar-refractivity contribution >= 4 is 32.9 Å². The molecule has 1 aliphatic rings. The number of para-hydroxylation sites is 2. The van der Waals surface area contributed by atoms with Gasteiger partial charge in [0, 0.05) is 17.9 Å². The van der Waals surface area contributed by atoms with Gasteiger partial charge in [0.25, 0.3) is 0 Å². The van der Waals surface area contributed by atoms with Crippen LogP contribution in [0.1, 0.15) is 19.3 Å². The number of imidazole rings is 1. The normalized spacial score (nSPS) is 21.0. The van der Waals surface area contributed by atoms with Crippen molar-refractivity contribution in [3.63, 3.8) is 0 Å². The average molecular weight is 294 g/mol. The first-order valence-electron chi connectivity index (χ1n) is 6.16. The van der Waals surface area contributed by atoms with Crippen molar-refractivity contribution in [3.05, 3.63) is 24.3 Å². The lowest BCUT2D eigenvalue weighted by Crippen LogP contribution is -2.41. The first-order valence-corrected chi connectivity index (χ1v) is 7.28. The Hall–Kier alpha value is -1.03. The van der Waals surface area contributed by atoms with Crippen LogP contribution in [0, 0.1) is 0 Å². The smallest absolute Gasteiger partial charge is 0.204 e. The number of halogens is 1. The van der Waals surface area contributed by atoms with Crippen LogP contribution in [-0.4, -0.2) is 27.9 Å². The van der Waals surface area contributed by atoms with Crippen molar-refractivity contribution in [1.82, 2.24) is 9.97 Å². The topological polar surface area (TPSA) is 31.9 Å². The summed E-state index contributed by atoms with van der Waals surface area (Å²) in [4.78, 5) is 10.5. The second-order valence-corrected chi connectivity index (χ2v) is 5.22. The van der Waals surface area contributed by atoms with Crippen LogP contribution in [0.2, 0.25) is 0 Å². The zero-order valence-electron chi connectivity index (χ0n) is 9.69. The molecule has 0 saturated carbocycles. The predicted octanol–water partition coefficient (Wildman–Crippen LogP) is 3.32. The van der Waals surface area contributed by atoms with E-state index in [1.54, 1.807) is 0 Å². The number of aromatic amines is 1. The fraction of sp³-hybridized carbons (Fsp3) is 0.462. The molecule has 1 aromatic heterocycles. The summed E-state index contributed by atoms with van der Waals surface area (Å²) in [6.07, 6.45) is 3.84. The predicted molar refractivity (Wildman–Crippen MR) is 74.9 cm³/mol. The van der Waals surface area contributed by atoms with E-state index < -0.39 is 0 Å². The lowest BCUT2D eigenvalue weighted by molar-refractivity contribution is 0.485. The molecular weight excluding hydrogens is 278 g/mol. The molecule has 0 amide bonds. The van der Waals surface area contributed by atoms with Crippen molar-refractivity contribution < 1.29 is 0 Å². The zero-order chi connectivity index (χ0) is 11.7. The third-order valence-corrected chi connectivity index (χ3v) is 4.20. The summed E-state index contributed by atoms with van der Waals surface area (Å²) >= 11 is 3.61. The van der Waals surface area contributed by atoms with E-state index in [1.807, 2.05) is 12.1 Å². The van der Waals surface area contributed by atoms with Gasteiger partial charge in [-0.25, -0.2) is 4.98 Å². The van der Waals surface area contributed by atoms with Crippen LogP contribution < -0.4 is 4.90 Å². The minimum Gasteiger partial charge on any atom is -0.339 e. The number of hydrogen-bond donors (Lipinski definition) is 1. The van der Waals surface area contributed by atoms with E-state index in [2.05, 4.69) is 42.9 Å². The highest BCUT2D eigenvalue weighted by atomic mass is 79.9. The molecular formula is C13H16BrN3. The number of nitrogens with zero attached hydrogens (tertiary/aromatic N) is 2. The van der Waals surface area contributed by atoms with Gasteiger partial charge in [-0.15, -0.1) is 0 Å². The first-order chi connectivity index (χ1) is 8.38. The molecule has 0 radical (unpaired) electrons. The van der Waals surface area contributed by atoms with Crippen molar-refractivity contribution in [1.29, 1.82) is 0 Å². The van der Waals surface area contributed by atoms with E-state index >= 15 is 0 Å². The molecule has 0 spiro atoms. The summed E-state index contributed by atoms with van der Waals surface area (Å²) < 4.78 is 0. The summed E-state index contributed by atoms with van der Waals surface area (Å²) in [7, 11) is 0. The van der Waals surface area contributed by atoms with Crippen LogP contribution in [0.3, 0.4) is 0 Å². The summed E-state index contributed by atoms with van der Waals surface area (Å²) in [6.45, 7) is 1.11. The first kappa shape index (κ1) is 11.1. The van der Waals surface area contributed by atoms with Crippen molar-refractivity contribution in [2.75, 3.05) is 16.8 Å². The van der Waals surface area contributed by atoms with Gasteiger partial charge in [0.15, 0.2) is 0 Å². The Kier molecular flexibility index (Phi) is 3.05. The van der Waals surface area contributed by atoms with E-state index in [4.69, 9.17) is 0 Å². The Morgan fingerprint density at radius 2 is 2.24 bits per heavy atom. The van der Waals surface area contributed by atoms with Gasteiger partial charge >= 0.3 is 0 Å². The van der Waals surface area contributed by atoms with E-state index in [0.29, 0.717) is 6.04 Å². The number of alkyl halides is 1. The highest BCUT2D eigenvalue weighted by Gasteiger charge is 2.23. The molecule has 1 fully saturated rings. The van der Waals surface area contributed by atoms with Crippen molar-refractivity contribution in [2.45, 2.75) is 25.3 Å². The fourth-order valence-corrected chi connectivity index (χ4v) is 3.19. The largest absolute Gasteiger partial charge is 0.339 e. The summed E-state index contributed by atoms with van der Waals surface area (Å²) in [6, 6.07) is 8.79. The van der Waals surface area contributed by atoms with Crippen LogP contribution >= 0.6 is 15.9 Å². The minimum atomic E-state index is 0.573. The second-order valence-electron chi connectivity index (χ2n) is 4.57. The fourth-order valence-electron chi connectivity index (χ4n) is 2.52.